The Balaban J connectivity index is 2.12. The van der Waals surface area contributed by atoms with E-state index in [0.29, 0.717) is 13.0 Å². The van der Waals surface area contributed by atoms with Gasteiger partial charge in [0.2, 0.25) is 5.91 Å². The largest absolute Gasteiger partial charge is 0.392 e. The van der Waals surface area contributed by atoms with Gasteiger partial charge in [0.25, 0.3) is 0 Å². The number of likely N-dealkylation sites (N-methyl/N-ethyl adjacent to an activating group) is 1. The first kappa shape index (κ1) is 18.4. The summed E-state index contributed by atoms with van der Waals surface area (Å²) >= 11 is 0. The SMILES string of the molecule is CC(=Nc1ccc2c(c1)[C@@H](C(N)=O)[C@H](O)C2)N(C)CCOC(C)C. The lowest BCUT2D eigenvalue weighted by atomic mass is 9.99. The van der Waals surface area contributed by atoms with E-state index < -0.39 is 17.9 Å². The number of carbonyl (C=O) groups is 1. The quantitative estimate of drug-likeness (QED) is 0.611. The lowest BCUT2D eigenvalue weighted by Crippen LogP contribution is -2.29. The van der Waals surface area contributed by atoms with E-state index in [2.05, 4.69) is 4.99 Å². The molecule has 24 heavy (non-hydrogen) atoms. The second kappa shape index (κ2) is 7.77. The molecule has 6 heteroatoms. The van der Waals surface area contributed by atoms with Crippen LogP contribution in [0.25, 0.3) is 0 Å². The van der Waals surface area contributed by atoms with Gasteiger partial charge in [-0.05, 0) is 50.5 Å². The van der Waals surface area contributed by atoms with Crippen molar-refractivity contribution < 1.29 is 14.6 Å². The number of aliphatic hydroxyl groups excluding tert-OH is 1. The molecule has 1 aliphatic carbocycles. The van der Waals surface area contributed by atoms with Crippen LogP contribution >= 0.6 is 0 Å². The van der Waals surface area contributed by atoms with Crippen LogP contribution in [0.2, 0.25) is 0 Å². The highest BCUT2D eigenvalue weighted by molar-refractivity contribution is 5.85. The number of ether oxygens (including phenoxy) is 1. The van der Waals surface area contributed by atoms with Crippen LogP contribution in [0.1, 0.15) is 37.8 Å². The third-order valence-electron chi connectivity index (χ3n) is 4.31. The van der Waals surface area contributed by atoms with Crippen LogP contribution in [0.4, 0.5) is 5.69 Å². The molecule has 1 amide bonds. The minimum atomic E-state index is -0.742. The first-order valence-electron chi connectivity index (χ1n) is 8.27. The Morgan fingerprint density at radius 2 is 2.21 bits per heavy atom. The molecular weight excluding hydrogens is 306 g/mol. The molecule has 132 valence electrons. The van der Waals surface area contributed by atoms with Crippen molar-refractivity contribution in [1.29, 1.82) is 0 Å². The molecule has 1 aromatic rings. The van der Waals surface area contributed by atoms with Gasteiger partial charge in [0.05, 0.1) is 30.4 Å². The van der Waals surface area contributed by atoms with Gasteiger partial charge in [-0.15, -0.1) is 0 Å². The van der Waals surface area contributed by atoms with Crippen molar-refractivity contribution in [1.82, 2.24) is 4.90 Å². The zero-order valence-electron chi connectivity index (χ0n) is 14.8. The second-order valence-electron chi connectivity index (χ2n) is 6.53. The Bertz CT molecular complexity index is 628. The number of nitrogens with two attached hydrogens (primary N) is 1. The molecule has 0 radical (unpaired) electrons. The summed E-state index contributed by atoms with van der Waals surface area (Å²) in [7, 11) is 1.96. The number of aliphatic imine (C=N–C) groups is 1. The minimum absolute atomic E-state index is 0.213. The van der Waals surface area contributed by atoms with Gasteiger partial charge in [0.1, 0.15) is 5.84 Å². The molecule has 1 aromatic carbocycles. The number of rotatable bonds is 6. The third-order valence-corrected chi connectivity index (χ3v) is 4.31. The van der Waals surface area contributed by atoms with Gasteiger partial charge < -0.3 is 20.5 Å². The summed E-state index contributed by atoms with van der Waals surface area (Å²) in [5.74, 6) is -0.286. The number of amides is 1. The summed E-state index contributed by atoms with van der Waals surface area (Å²) in [6, 6.07) is 5.66. The lowest BCUT2D eigenvalue weighted by molar-refractivity contribution is -0.121. The molecule has 0 fully saturated rings. The maximum Gasteiger partial charge on any atom is 0.227 e. The second-order valence-corrected chi connectivity index (χ2v) is 6.53. The molecule has 2 rings (SSSR count). The molecule has 1 aliphatic rings. The van der Waals surface area contributed by atoms with E-state index in [0.717, 1.165) is 29.2 Å². The Morgan fingerprint density at radius 1 is 1.50 bits per heavy atom. The average Bonchev–Trinajstić information content (AvgIpc) is 2.81. The summed E-state index contributed by atoms with van der Waals surface area (Å²) in [4.78, 5) is 18.2. The van der Waals surface area contributed by atoms with Gasteiger partial charge in [-0.1, -0.05) is 6.07 Å². The molecule has 6 nitrogen and oxygen atoms in total. The number of aliphatic hydroxyl groups is 1. The first-order valence-corrected chi connectivity index (χ1v) is 8.27. The normalized spacial score (nSPS) is 20.3. The maximum atomic E-state index is 11.6. The molecule has 0 spiro atoms. The monoisotopic (exact) mass is 333 g/mol. The van der Waals surface area contributed by atoms with Crippen molar-refractivity contribution in [2.75, 3.05) is 20.2 Å². The van der Waals surface area contributed by atoms with E-state index in [4.69, 9.17) is 10.5 Å². The molecule has 0 saturated heterocycles. The van der Waals surface area contributed by atoms with Crippen LogP contribution in [-0.4, -0.2) is 54.2 Å². The molecule has 2 atom stereocenters. The predicted octanol–water partition coefficient (Wildman–Crippen LogP) is 1.58. The Morgan fingerprint density at radius 3 is 2.83 bits per heavy atom. The van der Waals surface area contributed by atoms with Crippen LogP contribution in [0, 0.1) is 0 Å². The van der Waals surface area contributed by atoms with Crippen LogP contribution in [0.15, 0.2) is 23.2 Å². The topological polar surface area (TPSA) is 88.1 Å². The molecule has 0 saturated carbocycles. The molecule has 0 unspecified atom stereocenters. The zero-order chi connectivity index (χ0) is 17.9. The molecule has 0 aromatic heterocycles. The first-order chi connectivity index (χ1) is 11.3. The van der Waals surface area contributed by atoms with Crippen molar-refractivity contribution in [3.8, 4) is 0 Å². The Kier molecular flexibility index (Phi) is 5.96. The number of amidine groups is 1. The van der Waals surface area contributed by atoms with Crippen molar-refractivity contribution in [2.45, 2.75) is 45.3 Å². The fourth-order valence-corrected chi connectivity index (χ4v) is 2.88. The molecule has 0 bridgehead atoms. The highest BCUT2D eigenvalue weighted by Crippen LogP contribution is 2.35. The maximum absolute atomic E-state index is 11.6. The smallest absolute Gasteiger partial charge is 0.227 e. The summed E-state index contributed by atoms with van der Waals surface area (Å²) in [6.45, 7) is 7.34. The van der Waals surface area contributed by atoms with E-state index in [1.54, 1.807) is 0 Å². The number of carbonyl (C=O) groups excluding carboxylic acids is 1. The Hall–Kier alpha value is -1.92. The fraction of sp³-hybridized carbons (Fsp3) is 0.556. The number of benzene rings is 1. The highest BCUT2D eigenvalue weighted by Gasteiger charge is 2.35. The Labute approximate surface area is 143 Å². The van der Waals surface area contributed by atoms with E-state index in [1.807, 2.05) is 50.9 Å². The van der Waals surface area contributed by atoms with E-state index >= 15 is 0 Å². The summed E-state index contributed by atoms with van der Waals surface area (Å²) in [5, 5.41) is 10.0. The van der Waals surface area contributed by atoms with Crippen LogP contribution in [-0.2, 0) is 16.0 Å². The molecule has 0 heterocycles. The van der Waals surface area contributed by atoms with E-state index in [1.165, 1.54) is 0 Å². The van der Waals surface area contributed by atoms with Gasteiger partial charge >= 0.3 is 0 Å². The third kappa shape index (κ3) is 4.33. The van der Waals surface area contributed by atoms with Gasteiger partial charge in [0.15, 0.2) is 0 Å². The van der Waals surface area contributed by atoms with Crippen molar-refractivity contribution in [3.05, 3.63) is 29.3 Å². The van der Waals surface area contributed by atoms with Crippen molar-refractivity contribution in [2.24, 2.45) is 10.7 Å². The van der Waals surface area contributed by atoms with Crippen molar-refractivity contribution in [3.63, 3.8) is 0 Å². The highest BCUT2D eigenvalue weighted by atomic mass is 16.5. The van der Waals surface area contributed by atoms with Gasteiger partial charge in [-0.3, -0.25) is 4.79 Å². The number of hydrogen-bond acceptors (Lipinski definition) is 4. The van der Waals surface area contributed by atoms with E-state index in [9.17, 15) is 9.90 Å². The van der Waals surface area contributed by atoms with Crippen LogP contribution < -0.4 is 5.73 Å². The number of fused-ring (bicyclic) bond motifs is 1. The number of hydrogen-bond donors (Lipinski definition) is 2. The van der Waals surface area contributed by atoms with Gasteiger partial charge in [-0.2, -0.15) is 0 Å². The molecule has 0 aliphatic heterocycles. The summed E-state index contributed by atoms with van der Waals surface area (Å²) in [6.07, 6.45) is -0.0727. The van der Waals surface area contributed by atoms with E-state index in [-0.39, 0.29) is 6.10 Å². The average molecular weight is 333 g/mol. The molecule has 3 N–H and O–H groups in total. The lowest BCUT2D eigenvalue weighted by Gasteiger charge is -2.19. The standard InChI is InChI=1S/C18H27N3O3/c1-11(2)24-8-7-21(4)12(3)20-14-6-5-13-9-16(22)17(18(19)23)15(13)10-14/h5-6,10-11,16-17,22H,7-9H2,1-4H3,(H2,19,23)/t16-,17-/m1/s1. The number of primary amides is 1. The van der Waals surface area contributed by atoms with Crippen LogP contribution in [0.5, 0.6) is 0 Å². The van der Waals surface area contributed by atoms with Crippen LogP contribution in [0.3, 0.4) is 0 Å². The summed E-state index contributed by atoms with van der Waals surface area (Å²) in [5.41, 5.74) is 7.92. The molecular formula is C18H27N3O3. The number of nitrogens with zero attached hydrogens (tertiary/aromatic N) is 2. The predicted molar refractivity (Wildman–Crippen MR) is 94.6 cm³/mol. The van der Waals surface area contributed by atoms with Gasteiger partial charge in [0, 0.05) is 13.6 Å². The minimum Gasteiger partial charge on any atom is -0.392 e. The summed E-state index contributed by atoms with van der Waals surface area (Å²) < 4.78 is 5.55. The zero-order valence-corrected chi connectivity index (χ0v) is 14.8. The van der Waals surface area contributed by atoms with Gasteiger partial charge in [-0.25, -0.2) is 4.99 Å². The van der Waals surface area contributed by atoms with Crippen molar-refractivity contribution >= 4 is 17.4 Å². The fourth-order valence-electron chi connectivity index (χ4n) is 2.88.